The molecular formula is C19H15ClF3N3O. The minimum absolute atomic E-state index is 0.174. The van der Waals surface area contributed by atoms with Crippen molar-refractivity contribution in [3.63, 3.8) is 0 Å². The number of anilines is 2. The molecule has 2 aromatic carbocycles. The molecule has 0 saturated heterocycles. The first-order chi connectivity index (χ1) is 12.8. The van der Waals surface area contributed by atoms with Crippen LogP contribution in [0.3, 0.4) is 0 Å². The van der Waals surface area contributed by atoms with Gasteiger partial charge in [0.15, 0.2) is 5.82 Å². The summed E-state index contributed by atoms with van der Waals surface area (Å²) in [7, 11) is 0. The summed E-state index contributed by atoms with van der Waals surface area (Å²) in [5.74, 6) is 1.40. The van der Waals surface area contributed by atoms with Crippen molar-refractivity contribution in [2.75, 3.05) is 11.9 Å². The Morgan fingerprint density at radius 2 is 1.67 bits per heavy atom. The predicted octanol–water partition coefficient (Wildman–Crippen LogP) is 5.96. The van der Waals surface area contributed by atoms with Gasteiger partial charge in [-0.1, -0.05) is 23.7 Å². The summed E-state index contributed by atoms with van der Waals surface area (Å²) in [5, 5.41) is 3.26. The fraction of sp³-hybridized carbons (Fsp3) is 0.158. The molecule has 1 N–H and O–H groups in total. The van der Waals surface area contributed by atoms with Gasteiger partial charge in [-0.2, -0.15) is 13.2 Å². The molecule has 1 aromatic heterocycles. The highest BCUT2D eigenvalue weighted by Gasteiger charge is 2.30. The summed E-state index contributed by atoms with van der Waals surface area (Å²) < 4.78 is 43.5. The molecule has 8 heteroatoms. The van der Waals surface area contributed by atoms with Crippen molar-refractivity contribution in [1.29, 1.82) is 0 Å². The Balaban J connectivity index is 1.83. The number of nitrogens with zero attached hydrogens (tertiary/aromatic N) is 2. The Labute approximate surface area is 159 Å². The second-order valence-corrected chi connectivity index (χ2v) is 5.94. The van der Waals surface area contributed by atoms with Crippen LogP contribution in [-0.4, -0.2) is 16.6 Å². The van der Waals surface area contributed by atoms with E-state index in [9.17, 15) is 13.2 Å². The zero-order valence-corrected chi connectivity index (χ0v) is 15.0. The Kier molecular flexibility index (Phi) is 5.51. The second kappa shape index (κ2) is 7.84. The lowest BCUT2D eigenvalue weighted by molar-refractivity contribution is -0.137. The molecule has 0 radical (unpaired) electrons. The molecule has 0 saturated carbocycles. The Hall–Kier alpha value is -2.80. The molecule has 0 fully saturated rings. The molecule has 0 bridgehead atoms. The molecule has 4 nitrogen and oxygen atoms in total. The van der Waals surface area contributed by atoms with Crippen molar-refractivity contribution in [1.82, 2.24) is 9.97 Å². The van der Waals surface area contributed by atoms with Crippen LogP contribution in [0.4, 0.5) is 24.7 Å². The van der Waals surface area contributed by atoms with Gasteiger partial charge in [-0.25, -0.2) is 9.97 Å². The molecule has 140 valence electrons. The summed E-state index contributed by atoms with van der Waals surface area (Å²) in [6.45, 7) is 2.47. The first-order valence-electron chi connectivity index (χ1n) is 8.07. The molecule has 3 aromatic rings. The summed E-state index contributed by atoms with van der Waals surface area (Å²) in [4.78, 5) is 8.42. The third-order valence-electron chi connectivity index (χ3n) is 3.60. The maximum atomic E-state index is 12.7. The van der Waals surface area contributed by atoms with Crippen LogP contribution in [0.2, 0.25) is 5.15 Å². The van der Waals surface area contributed by atoms with Crippen molar-refractivity contribution in [3.8, 4) is 17.1 Å². The average molecular weight is 394 g/mol. The first kappa shape index (κ1) is 19.0. The van der Waals surface area contributed by atoms with E-state index >= 15 is 0 Å². The summed E-state index contributed by atoms with van der Waals surface area (Å²) >= 11 is 6.05. The Morgan fingerprint density at radius 3 is 2.26 bits per heavy atom. The van der Waals surface area contributed by atoms with Crippen molar-refractivity contribution in [2.24, 2.45) is 0 Å². The molecule has 0 aliphatic rings. The number of rotatable bonds is 5. The lowest BCUT2D eigenvalue weighted by Crippen LogP contribution is -2.04. The molecule has 0 unspecified atom stereocenters. The van der Waals surface area contributed by atoms with Crippen LogP contribution in [0, 0.1) is 0 Å². The summed E-state index contributed by atoms with van der Waals surface area (Å²) in [6, 6.07) is 13.4. The molecule has 1 heterocycles. The van der Waals surface area contributed by atoms with E-state index in [2.05, 4.69) is 15.3 Å². The van der Waals surface area contributed by atoms with E-state index < -0.39 is 11.7 Å². The van der Waals surface area contributed by atoms with Gasteiger partial charge in [0.05, 0.1) is 12.2 Å². The molecule has 0 aliphatic carbocycles. The van der Waals surface area contributed by atoms with Crippen molar-refractivity contribution in [3.05, 3.63) is 65.3 Å². The number of hydrogen-bond acceptors (Lipinski definition) is 4. The highest BCUT2D eigenvalue weighted by atomic mass is 35.5. The SMILES string of the molecule is CCOc1ccc(Nc2cc(Cl)nc(-c3ccc(C(F)(F)F)cc3)n2)cc1. The van der Waals surface area contributed by atoms with Gasteiger partial charge in [0, 0.05) is 17.3 Å². The largest absolute Gasteiger partial charge is 0.494 e. The first-order valence-corrected chi connectivity index (χ1v) is 8.45. The van der Waals surface area contributed by atoms with Gasteiger partial charge in [-0.15, -0.1) is 0 Å². The van der Waals surface area contributed by atoms with Gasteiger partial charge >= 0.3 is 6.18 Å². The molecule has 0 spiro atoms. The summed E-state index contributed by atoms with van der Waals surface area (Å²) in [5.41, 5.74) is 0.452. The van der Waals surface area contributed by atoms with Crippen LogP contribution < -0.4 is 10.1 Å². The molecule has 0 amide bonds. The average Bonchev–Trinajstić information content (AvgIpc) is 2.62. The van der Waals surface area contributed by atoms with Gasteiger partial charge < -0.3 is 10.1 Å². The fourth-order valence-corrected chi connectivity index (χ4v) is 2.55. The number of alkyl halides is 3. The van der Waals surface area contributed by atoms with Crippen LogP contribution in [-0.2, 0) is 6.18 Å². The number of benzene rings is 2. The zero-order chi connectivity index (χ0) is 19.4. The van der Waals surface area contributed by atoms with E-state index in [0.29, 0.717) is 18.0 Å². The minimum atomic E-state index is -4.39. The highest BCUT2D eigenvalue weighted by molar-refractivity contribution is 6.29. The minimum Gasteiger partial charge on any atom is -0.494 e. The van der Waals surface area contributed by atoms with Crippen LogP contribution >= 0.6 is 11.6 Å². The molecule has 0 atom stereocenters. The zero-order valence-electron chi connectivity index (χ0n) is 14.2. The maximum absolute atomic E-state index is 12.7. The fourth-order valence-electron chi connectivity index (χ4n) is 2.37. The van der Waals surface area contributed by atoms with Crippen LogP contribution in [0.25, 0.3) is 11.4 Å². The molecule has 0 aliphatic heterocycles. The predicted molar refractivity (Wildman–Crippen MR) is 98.4 cm³/mol. The Bertz CT molecular complexity index is 913. The van der Waals surface area contributed by atoms with Crippen LogP contribution in [0.5, 0.6) is 5.75 Å². The van der Waals surface area contributed by atoms with Gasteiger partial charge in [-0.05, 0) is 43.3 Å². The number of nitrogens with one attached hydrogen (secondary N) is 1. The van der Waals surface area contributed by atoms with Crippen LogP contribution in [0.15, 0.2) is 54.6 Å². The number of aromatic nitrogens is 2. The number of ether oxygens (including phenoxy) is 1. The van der Waals surface area contributed by atoms with Gasteiger partial charge in [0.25, 0.3) is 0 Å². The molecule has 27 heavy (non-hydrogen) atoms. The normalized spacial score (nSPS) is 11.3. The molecule has 3 rings (SSSR count). The molecular weight excluding hydrogens is 379 g/mol. The van der Waals surface area contributed by atoms with Gasteiger partial charge in [-0.3, -0.25) is 0 Å². The van der Waals surface area contributed by atoms with Crippen LogP contribution in [0.1, 0.15) is 12.5 Å². The lowest BCUT2D eigenvalue weighted by atomic mass is 10.1. The van der Waals surface area contributed by atoms with E-state index in [1.165, 1.54) is 18.2 Å². The number of hydrogen-bond donors (Lipinski definition) is 1. The van der Waals surface area contributed by atoms with Gasteiger partial charge in [0.1, 0.15) is 16.7 Å². The van der Waals surface area contributed by atoms with E-state index in [-0.39, 0.29) is 11.0 Å². The van der Waals surface area contributed by atoms with E-state index in [1.54, 1.807) is 0 Å². The third-order valence-corrected chi connectivity index (χ3v) is 3.80. The van der Waals surface area contributed by atoms with Gasteiger partial charge in [0.2, 0.25) is 0 Å². The lowest BCUT2D eigenvalue weighted by Gasteiger charge is -2.10. The highest BCUT2D eigenvalue weighted by Crippen LogP contribution is 2.31. The third kappa shape index (κ3) is 4.89. The smallest absolute Gasteiger partial charge is 0.416 e. The van der Waals surface area contributed by atoms with Crippen molar-refractivity contribution >= 4 is 23.1 Å². The topological polar surface area (TPSA) is 47.0 Å². The van der Waals surface area contributed by atoms with Crippen molar-refractivity contribution < 1.29 is 17.9 Å². The Morgan fingerprint density at radius 1 is 1.00 bits per heavy atom. The van der Waals surface area contributed by atoms with E-state index in [0.717, 1.165) is 23.6 Å². The number of halogens is 4. The monoisotopic (exact) mass is 393 g/mol. The van der Waals surface area contributed by atoms with E-state index in [1.807, 2.05) is 31.2 Å². The quantitative estimate of drug-likeness (QED) is 0.543. The standard InChI is InChI=1S/C19H15ClF3N3O/c1-2-27-15-9-7-14(8-10-15)24-17-11-16(20)25-18(26-17)12-3-5-13(6-4-12)19(21,22)23/h3-11H,2H2,1H3,(H,24,25,26). The second-order valence-electron chi connectivity index (χ2n) is 5.56. The van der Waals surface area contributed by atoms with Crippen molar-refractivity contribution in [2.45, 2.75) is 13.1 Å². The maximum Gasteiger partial charge on any atom is 0.416 e. The summed E-state index contributed by atoms with van der Waals surface area (Å²) in [6.07, 6.45) is -4.39. The van der Waals surface area contributed by atoms with E-state index in [4.69, 9.17) is 16.3 Å².